The first-order valence-electron chi connectivity index (χ1n) is 18.2. The number of fused-ring (bicyclic) bond motifs is 6. The predicted molar refractivity (Wildman–Crippen MR) is 226 cm³/mol. The zero-order chi connectivity index (χ0) is 33.9. The topological polar surface area (TPSA) is 0 Å². The standard InChI is InChI=1S/C52H30/c1-2-12-32(13-3-1)50-40-19-7-6-18-39(40)46(44-28-27-31-11-4-5-17-38(31)52(44)50)37-29-36-26-25-35-15-9-21-42-41-20-8-14-33-23-24-34-16-10-22-43(49(34)47(33)41)45(30-37)51(36)48(35)42/h1-30H. The molecule has 0 spiro atoms. The average Bonchev–Trinajstić information content (AvgIpc) is 3.21. The van der Waals surface area contributed by atoms with Crippen LogP contribution in [-0.2, 0) is 0 Å². The van der Waals surface area contributed by atoms with E-state index >= 15 is 0 Å². The molecule has 0 radical (unpaired) electrons. The summed E-state index contributed by atoms with van der Waals surface area (Å²) in [5.74, 6) is 0. The van der Waals surface area contributed by atoms with Crippen molar-refractivity contribution in [3.63, 3.8) is 0 Å². The molecule has 0 aliphatic heterocycles. The number of hydrogen-bond acceptors (Lipinski definition) is 0. The van der Waals surface area contributed by atoms with E-state index in [1.165, 1.54) is 119 Å². The van der Waals surface area contributed by atoms with E-state index in [1.807, 2.05) is 0 Å². The van der Waals surface area contributed by atoms with Gasteiger partial charge in [-0.25, -0.2) is 0 Å². The molecule has 0 aliphatic carbocycles. The van der Waals surface area contributed by atoms with Crippen LogP contribution in [0.15, 0.2) is 182 Å². The van der Waals surface area contributed by atoms with E-state index in [0.717, 1.165) is 0 Å². The Balaban J connectivity index is 1.35. The zero-order valence-electron chi connectivity index (χ0n) is 28.3. The lowest BCUT2D eigenvalue weighted by Gasteiger charge is -2.21. The van der Waals surface area contributed by atoms with Gasteiger partial charge in [0.15, 0.2) is 0 Å². The second kappa shape index (κ2) is 10.4. The highest BCUT2D eigenvalue weighted by molar-refractivity contribution is 6.38. The van der Waals surface area contributed by atoms with Crippen LogP contribution >= 0.6 is 0 Å². The molecule has 0 saturated carbocycles. The highest BCUT2D eigenvalue weighted by Gasteiger charge is 2.21. The van der Waals surface area contributed by atoms with Gasteiger partial charge in [-0.05, 0) is 131 Å². The molecule has 0 heterocycles. The lowest BCUT2D eigenvalue weighted by atomic mass is 9.82. The van der Waals surface area contributed by atoms with Crippen LogP contribution in [0.1, 0.15) is 0 Å². The first kappa shape index (κ1) is 28.0. The van der Waals surface area contributed by atoms with Gasteiger partial charge in [0.1, 0.15) is 0 Å². The summed E-state index contributed by atoms with van der Waals surface area (Å²) >= 11 is 0. The summed E-state index contributed by atoms with van der Waals surface area (Å²) in [4.78, 5) is 0. The Morgan fingerprint density at radius 1 is 0.192 bits per heavy atom. The van der Waals surface area contributed by atoms with Crippen molar-refractivity contribution in [2.24, 2.45) is 0 Å². The van der Waals surface area contributed by atoms with Crippen molar-refractivity contribution in [2.75, 3.05) is 0 Å². The molecule has 12 rings (SSSR count). The van der Waals surface area contributed by atoms with Gasteiger partial charge in [0.2, 0.25) is 0 Å². The minimum Gasteiger partial charge on any atom is -0.0622 e. The van der Waals surface area contributed by atoms with Crippen LogP contribution in [0.25, 0.3) is 119 Å². The van der Waals surface area contributed by atoms with Gasteiger partial charge in [0, 0.05) is 0 Å². The van der Waals surface area contributed by atoms with Gasteiger partial charge in [-0.2, -0.15) is 0 Å². The van der Waals surface area contributed by atoms with E-state index in [1.54, 1.807) is 0 Å². The molecule has 0 aliphatic rings. The summed E-state index contributed by atoms with van der Waals surface area (Å²) in [7, 11) is 0. The highest BCUT2D eigenvalue weighted by Crippen LogP contribution is 2.49. The molecule has 0 nitrogen and oxygen atoms in total. The molecule has 0 aromatic heterocycles. The Bertz CT molecular complexity index is 3440. The van der Waals surface area contributed by atoms with E-state index in [0.29, 0.717) is 0 Å². The quantitative estimate of drug-likeness (QED) is 0.129. The molecule has 12 aromatic rings. The molecule has 52 heavy (non-hydrogen) atoms. The maximum absolute atomic E-state index is 2.51. The summed E-state index contributed by atoms with van der Waals surface area (Å²) in [6, 6.07) is 68.3. The molecular weight excluding hydrogens is 625 g/mol. The minimum atomic E-state index is 1.24. The monoisotopic (exact) mass is 654 g/mol. The molecule has 0 bridgehead atoms. The third-order valence-corrected chi connectivity index (χ3v) is 11.7. The molecule has 12 aromatic carbocycles. The molecule has 0 heteroatoms. The summed E-state index contributed by atoms with van der Waals surface area (Å²) in [5, 5.41) is 23.3. The number of benzene rings is 11. The third kappa shape index (κ3) is 3.71. The van der Waals surface area contributed by atoms with Crippen LogP contribution in [0.3, 0.4) is 0 Å². The van der Waals surface area contributed by atoms with Gasteiger partial charge in [0.25, 0.3) is 0 Å². The fourth-order valence-electron chi connectivity index (χ4n) is 9.59. The number of rotatable bonds is 2. The maximum atomic E-state index is 2.51. The summed E-state index contributed by atoms with van der Waals surface area (Å²) in [6.45, 7) is 0. The van der Waals surface area contributed by atoms with Crippen molar-refractivity contribution in [1.82, 2.24) is 0 Å². The van der Waals surface area contributed by atoms with E-state index in [2.05, 4.69) is 182 Å². The molecular formula is C52H30. The van der Waals surface area contributed by atoms with E-state index in [4.69, 9.17) is 0 Å². The second-order valence-electron chi connectivity index (χ2n) is 14.3. The summed E-state index contributed by atoms with van der Waals surface area (Å²) < 4.78 is 0. The molecule has 238 valence electrons. The lowest BCUT2D eigenvalue weighted by molar-refractivity contribution is 1.67. The van der Waals surface area contributed by atoms with Crippen LogP contribution in [0.4, 0.5) is 0 Å². The van der Waals surface area contributed by atoms with E-state index in [9.17, 15) is 0 Å². The smallest absolute Gasteiger partial charge is 0.00141 e. The largest absolute Gasteiger partial charge is 0.0622 e. The van der Waals surface area contributed by atoms with E-state index < -0.39 is 0 Å². The zero-order valence-corrected chi connectivity index (χ0v) is 28.3. The summed E-state index contributed by atoms with van der Waals surface area (Å²) in [5.41, 5.74) is 5.07. The Labute approximate surface area is 300 Å². The summed E-state index contributed by atoms with van der Waals surface area (Å²) in [6.07, 6.45) is 0. The third-order valence-electron chi connectivity index (χ3n) is 11.7. The Kier molecular flexibility index (Phi) is 5.59. The fraction of sp³-hybridized carbons (Fsp3) is 0. The molecule has 0 amide bonds. The fourth-order valence-corrected chi connectivity index (χ4v) is 9.59. The van der Waals surface area contributed by atoms with Gasteiger partial charge in [0.05, 0.1) is 0 Å². The Hall–Kier alpha value is -6.76. The van der Waals surface area contributed by atoms with Crippen molar-refractivity contribution in [1.29, 1.82) is 0 Å². The van der Waals surface area contributed by atoms with Gasteiger partial charge in [-0.1, -0.05) is 170 Å². The van der Waals surface area contributed by atoms with Crippen LogP contribution < -0.4 is 0 Å². The average molecular weight is 655 g/mol. The Morgan fingerprint density at radius 3 is 1.31 bits per heavy atom. The molecule has 0 N–H and O–H groups in total. The SMILES string of the molecule is c1ccc(-c2c3ccccc3c(-c3cc4ccc5cccc6c7cccc8ccc9cccc(c(c3)c4c56)c9c87)c3ccc4ccccc4c23)cc1. The minimum absolute atomic E-state index is 1.24. The van der Waals surface area contributed by atoms with Crippen molar-refractivity contribution >= 4 is 97.0 Å². The lowest BCUT2D eigenvalue weighted by Crippen LogP contribution is -1.93. The molecule has 0 atom stereocenters. The van der Waals surface area contributed by atoms with Gasteiger partial charge >= 0.3 is 0 Å². The van der Waals surface area contributed by atoms with Gasteiger partial charge in [-0.3, -0.25) is 0 Å². The van der Waals surface area contributed by atoms with Crippen molar-refractivity contribution in [3.05, 3.63) is 182 Å². The van der Waals surface area contributed by atoms with Crippen molar-refractivity contribution in [3.8, 4) is 22.3 Å². The number of hydrogen-bond donors (Lipinski definition) is 0. The van der Waals surface area contributed by atoms with Crippen LogP contribution in [0, 0.1) is 0 Å². The van der Waals surface area contributed by atoms with Crippen LogP contribution in [0.2, 0.25) is 0 Å². The second-order valence-corrected chi connectivity index (χ2v) is 14.3. The van der Waals surface area contributed by atoms with Crippen LogP contribution in [0.5, 0.6) is 0 Å². The first-order valence-corrected chi connectivity index (χ1v) is 18.2. The molecule has 0 fully saturated rings. The maximum Gasteiger partial charge on any atom is -0.00141 e. The predicted octanol–water partition coefficient (Wildman–Crippen LogP) is 14.8. The molecule has 0 unspecified atom stereocenters. The normalized spacial score (nSPS) is 12.2. The van der Waals surface area contributed by atoms with Gasteiger partial charge in [-0.15, -0.1) is 0 Å². The highest BCUT2D eigenvalue weighted by atomic mass is 14.2. The van der Waals surface area contributed by atoms with Crippen LogP contribution in [-0.4, -0.2) is 0 Å². The Morgan fingerprint density at radius 2 is 0.654 bits per heavy atom. The van der Waals surface area contributed by atoms with Crippen molar-refractivity contribution in [2.45, 2.75) is 0 Å². The molecule has 0 saturated heterocycles. The van der Waals surface area contributed by atoms with Crippen molar-refractivity contribution < 1.29 is 0 Å². The van der Waals surface area contributed by atoms with E-state index in [-0.39, 0.29) is 0 Å². The van der Waals surface area contributed by atoms with Gasteiger partial charge < -0.3 is 0 Å². The first-order chi connectivity index (χ1) is 25.8.